The smallest absolute Gasteiger partial charge is 0.255 e. The molecule has 32 heavy (non-hydrogen) atoms. The van der Waals surface area contributed by atoms with Crippen LogP contribution >= 0.6 is 22.6 Å². The topological polar surface area (TPSA) is 142 Å². The van der Waals surface area contributed by atoms with Crippen LogP contribution in [0.4, 0.5) is 10.2 Å². The maximum Gasteiger partial charge on any atom is 0.255 e. The van der Waals surface area contributed by atoms with Gasteiger partial charge in [-0.05, 0) is 65.8 Å². The molecule has 0 aliphatic carbocycles. The number of fused-ring (bicyclic) bond motifs is 1. The highest BCUT2D eigenvalue weighted by Gasteiger charge is 2.24. The number of nitrogens with one attached hydrogen (secondary N) is 2. The number of rotatable bonds is 9. The number of nitrogens with zero attached hydrogens (tertiary/aromatic N) is 1. The number of benzene rings is 1. The quantitative estimate of drug-likeness (QED) is 0.287. The monoisotopic (exact) mass is 577 g/mol. The van der Waals surface area contributed by atoms with Gasteiger partial charge in [-0.15, -0.1) is 0 Å². The number of aliphatic hydroxyl groups excluding tert-OH is 2. The Labute approximate surface area is 197 Å². The number of pyridine rings is 1. The fraction of sp³-hybridized carbons (Fsp3) is 0.300. The minimum Gasteiger partial charge on any atom is -0.437 e. The fourth-order valence-corrected chi connectivity index (χ4v) is 4.87. The van der Waals surface area contributed by atoms with Crippen molar-refractivity contribution in [3.05, 3.63) is 45.3 Å². The summed E-state index contributed by atoms with van der Waals surface area (Å²) in [6.45, 7) is -0.438. The lowest BCUT2D eigenvalue weighted by Gasteiger charge is -2.10. The highest BCUT2D eigenvalue weighted by Crippen LogP contribution is 2.35. The Bertz CT molecular complexity index is 1230. The van der Waals surface area contributed by atoms with Gasteiger partial charge >= 0.3 is 0 Å². The number of anilines is 1. The average Bonchev–Trinajstić information content (AvgIpc) is 3.11. The lowest BCUT2D eigenvalue weighted by Crippen LogP contribution is -2.20. The molecule has 4 N–H and O–H groups in total. The van der Waals surface area contributed by atoms with E-state index in [9.17, 15) is 22.7 Å². The molecule has 0 radical (unpaired) electrons. The van der Waals surface area contributed by atoms with Crippen molar-refractivity contribution >= 4 is 55.4 Å². The van der Waals surface area contributed by atoms with Gasteiger partial charge in [-0.1, -0.05) is 0 Å². The summed E-state index contributed by atoms with van der Waals surface area (Å²) in [4.78, 5) is 16.8. The van der Waals surface area contributed by atoms with E-state index in [1.165, 1.54) is 31.3 Å². The normalized spacial score (nSPS) is 12.7. The van der Waals surface area contributed by atoms with E-state index in [0.717, 1.165) is 0 Å². The van der Waals surface area contributed by atoms with Gasteiger partial charge in [0, 0.05) is 12.6 Å². The molecule has 0 bridgehead atoms. The third-order valence-corrected chi connectivity index (χ3v) is 6.76. The van der Waals surface area contributed by atoms with Gasteiger partial charge in [0.15, 0.2) is 5.82 Å². The van der Waals surface area contributed by atoms with E-state index in [1.54, 1.807) is 6.07 Å². The van der Waals surface area contributed by atoms with E-state index in [2.05, 4.69) is 15.0 Å². The Morgan fingerprint density at radius 2 is 2.00 bits per heavy atom. The molecule has 0 saturated carbocycles. The molecule has 0 saturated heterocycles. The molecule has 172 valence electrons. The Morgan fingerprint density at radius 1 is 1.31 bits per heavy atom. The predicted molar refractivity (Wildman–Crippen MR) is 125 cm³/mol. The van der Waals surface area contributed by atoms with Crippen molar-refractivity contribution in [1.82, 2.24) is 10.3 Å². The summed E-state index contributed by atoms with van der Waals surface area (Å²) in [7, 11) is -2.32. The lowest BCUT2D eigenvalue weighted by molar-refractivity contribution is 0.0879. The summed E-state index contributed by atoms with van der Waals surface area (Å²) in [6.07, 6.45) is -0.696. The van der Waals surface area contributed by atoms with Crippen LogP contribution in [-0.2, 0) is 10.0 Å². The van der Waals surface area contributed by atoms with Gasteiger partial charge < -0.3 is 19.9 Å². The maximum absolute atomic E-state index is 13.3. The molecule has 2 aromatic heterocycles. The first-order chi connectivity index (χ1) is 15.1. The molecule has 0 fully saturated rings. The van der Waals surface area contributed by atoms with Crippen LogP contribution < -0.4 is 10.0 Å². The Kier molecular flexibility index (Phi) is 7.69. The van der Waals surface area contributed by atoms with Crippen molar-refractivity contribution < 1.29 is 32.2 Å². The van der Waals surface area contributed by atoms with Crippen molar-refractivity contribution in [3.8, 4) is 11.3 Å². The molecule has 1 aromatic carbocycles. The van der Waals surface area contributed by atoms with Gasteiger partial charge in [-0.25, -0.2) is 12.8 Å². The molecule has 3 rings (SSSR count). The summed E-state index contributed by atoms with van der Waals surface area (Å²) < 4.78 is 46.8. The summed E-state index contributed by atoms with van der Waals surface area (Å²) in [5.74, 6) is -0.939. The number of sulfonamides is 1. The Balaban J connectivity index is 1.98. The molecule has 1 atom stereocenters. The van der Waals surface area contributed by atoms with E-state index in [1.807, 2.05) is 22.6 Å². The summed E-state index contributed by atoms with van der Waals surface area (Å²) in [5, 5.41) is 21.1. The van der Waals surface area contributed by atoms with Gasteiger partial charge in [0.2, 0.25) is 15.7 Å². The van der Waals surface area contributed by atoms with E-state index in [-0.39, 0.29) is 41.4 Å². The average molecular weight is 577 g/mol. The molecule has 0 aliphatic rings. The second-order valence-corrected chi connectivity index (χ2v) is 9.97. The van der Waals surface area contributed by atoms with Crippen LogP contribution in [0, 0.1) is 9.39 Å². The van der Waals surface area contributed by atoms with Gasteiger partial charge in [-0.3, -0.25) is 9.52 Å². The SMILES string of the molecule is CNC(=O)c1c(-c2ccc(F)cc2)oc2nc(NS(=O)(=O)CCCC(O)CO)c(I)cc12. The Hall–Kier alpha value is -2.29. The number of furan rings is 1. The zero-order valence-electron chi connectivity index (χ0n) is 16.9. The first-order valence-electron chi connectivity index (χ1n) is 9.55. The largest absolute Gasteiger partial charge is 0.437 e. The molecule has 0 aliphatic heterocycles. The zero-order chi connectivity index (χ0) is 23.5. The number of amides is 1. The third-order valence-electron chi connectivity index (χ3n) is 4.61. The van der Waals surface area contributed by atoms with Crippen LogP contribution in [0.1, 0.15) is 23.2 Å². The van der Waals surface area contributed by atoms with Crippen molar-refractivity contribution in [1.29, 1.82) is 0 Å². The number of aromatic nitrogens is 1. The van der Waals surface area contributed by atoms with Crippen LogP contribution in [0.3, 0.4) is 0 Å². The molecule has 2 heterocycles. The number of aliphatic hydroxyl groups is 2. The van der Waals surface area contributed by atoms with Crippen LogP contribution in [0.2, 0.25) is 0 Å². The summed E-state index contributed by atoms with van der Waals surface area (Å²) in [5.41, 5.74) is 0.700. The van der Waals surface area contributed by atoms with Crippen LogP contribution in [-0.4, -0.2) is 55.0 Å². The standard InChI is InChI=1S/C20H21FIN3O6S/c1-23-19(28)16-14-9-15(22)18(25-32(29,30)8-2-3-13(27)10-26)24-20(14)31-17(16)11-4-6-12(21)7-5-11/h4-7,9,13,26-27H,2-3,8,10H2,1H3,(H,23,28)(H,24,25). The van der Waals surface area contributed by atoms with Crippen LogP contribution in [0.25, 0.3) is 22.4 Å². The summed E-state index contributed by atoms with van der Waals surface area (Å²) in [6, 6.07) is 6.99. The van der Waals surface area contributed by atoms with E-state index < -0.39 is 34.5 Å². The minimum absolute atomic E-state index is 0.0312. The van der Waals surface area contributed by atoms with E-state index in [0.29, 0.717) is 14.5 Å². The van der Waals surface area contributed by atoms with Gasteiger partial charge in [-0.2, -0.15) is 4.98 Å². The fourth-order valence-electron chi connectivity index (χ4n) is 3.02. The number of hydrogen-bond acceptors (Lipinski definition) is 7. The minimum atomic E-state index is -3.78. The molecule has 1 unspecified atom stereocenters. The highest BCUT2D eigenvalue weighted by molar-refractivity contribution is 14.1. The zero-order valence-corrected chi connectivity index (χ0v) is 19.9. The van der Waals surface area contributed by atoms with Gasteiger partial charge in [0.25, 0.3) is 5.91 Å². The van der Waals surface area contributed by atoms with Crippen LogP contribution in [0.5, 0.6) is 0 Å². The van der Waals surface area contributed by atoms with Crippen molar-refractivity contribution in [2.45, 2.75) is 18.9 Å². The van der Waals surface area contributed by atoms with Crippen molar-refractivity contribution in [2.24, 2.45) is 0 Å². The highest BCUT2D eigenvalue weighted by atomic mass is 127. The lowest BCUT2D eigenvalue weighted by atomic mass is 10.1. The van der Waals surface area contributed by atoms with Crippen molar-refractivity contribution in [2.75, 3.05) is 24.1 Å². The first kappa shape index (κ1) is 24.4. The molecular weight excluding hydrogens is 556 g/mol. The number of carbonyl (C=O) groups is 1. The number of halogens is 2. The second-order valence-electron chi connectivity index (χ2n) is 6.96. The van der Waals surface area contributed by atoms with Gasteiger partial charge in [0.1, 0.15) is 11.6 Å². The van der Waals surface area contributed by atoms with E-state index >= 15 is 0 Å². The third kappa shape index (κ3) is 5.54. The van der Waals surface area contributed by atoms with Crippen molar-refractivity contribution in [3.63, 3.8) is 0 Å². The number of carbonyl (C=O) groups excluding carboxylic acids is 1. The predicted octanol–water partition coefficient (Wildman–Crippen LogP) is 2.47. The molecule has 0 spiro atoms. The molecule has 1 amide bonds. The molecule has 12 heteroatoms. The Morgan fingerprint density at radius 3 is 2.62 bits per heavy atom. The van der Waals surface area contributed by atoms with Gasteiger partial charge in [0.05, 0.1) is 33.0 Å². The molecule has 3 aromatic rings. The maximum atomic E-state index is 13.3. The van der Waals surface area contributed by atoms with Crippen LogP contribution in [0.15, 0.2) is 34.7 Å². The second kappa shape index (κ2) is 10.1. The van der Waals surface area contributed by atoms with E-state index in [4.69, 9.17) is 9.52 Å². The molecular formula is C20H21FIN3O6S. The number of hydrogen-bond donors (Lipinski definition) is 4. The molecule has 9 nitrogen and oxygen atoms in total. The first-order valence-corrected chi connectivity index (χ1v) is 12.3. The summed E-state index contributed by atoms with van der Waals surface area (Å²) >= 11 is 1.90.